The van der Waals surface area contributed by atoms with Crippen LogP contribution in [0.25, 0.3) is 10.8 Å². The van der Waals surface area contributed by atoms with Gasteiger partial charge in [0.15, 0.2) is 11.5 Å². The predicted octanol–water partition coefficient (Wildman–Crippen LogP) is 1.12. The van der Waals surface area contributed by atoms with Crippen LogP contribution >= 0.6 is 0 Å². The van der Waals surface area contributed by atoms with Crippen LogP contribution in [0.3, 0.4) is 0 Å². The molecule has 0 N–H and O–H groups in total. The Hall–Kier alpha value is -1.84. The largest absolute Gasteiger partial charge is 0.466 e. The highest BCUT2D eigenvalue weighted by Gasteiger charge is 2.34. The molecule has 9 heteroatoms. The fourth-order valence-corrected chi connectivity index (χ4v) is 3.48. The average molecular weight is 302 g/mol. The SMILES string of the molecule is O=S1(=O)Oc2ccc3ccccc3c2OS(=O)(=O)O1. The Morgan fingerprint density at radius 1 is 0.789 bits per heavy atom. The van der Waals surface area contributed by atoms with Crippen LogP contribution in [0.4, 0.5) is 0 Å². The van der Waals surface area contributed by atoms with Crippen LogP contribution < -0.4 is 8.37 Å². The van der Waals surface area contributed by atoms with Gasteiger partial charge in [0.05, 0.1) is 0 Å². The number of fused-ring (bicyclic) bond motifs is 3. The highest BCUT2D eigenvalue weighted by Crippen LogP contribution is 2.39. The summed E-state index contributed by atoms with van der Waals surface area (Å²) in [4.78, 5) is 0. The second kappa shape index (κ2) is 3.83. The zero-order valence-corrected chi connectivity index (χ0v) is 10.8. The fraction of sp³-hybridized carbons (Fsp3) is 0. The molecule has 0 saturated heterocycles. The summed E-state index contributed by atoms with van der Waals surface area (Å²) in [7, 11) is -9.47. The number of benzene rings is 2. The summed E-state index contributed by atoms with van der Waals surface area (Å²) in [6, 6.07) is 9.55. The summed E-state index contributed by atoms with van der Waals surface area (Å²) in [5.41, 5.74) is 0. The van der Waals surface area contributed by atoms with E-state index in [2.05, 4.69) is 12.0 Å². The zero-order chi connectivity index (χ0) is 13.7. The van der Waals surface area contributed by atoms with Crippen molar-refractivity contribution in [2.24, 2.45) is 0 Å². The van der Waals surface area contributed by atoms with Crippen molar-refractivity contribution in [1.82, 2.24) is 0 Å². The van der Waals surface area contributed by atoms with Crippen molar-refractivity contribution in [3.05, 3.63) is 36.4 Å². The highest BCUT2D eigenvalue weighted by atomic mass is 32.3. The van der Waals surface area contributed by atoms with Gasteiger partial charge < -0.3 is 8.37 Å². The molecule has 0 spiro atoms. The third-order valence-corrected chi connectivity index (χ3v) is 4.48. The van der Waals surface area contributed by atoms with Gasteiger partial charge in [0.2, 0.25) is 0 Å². The van der Waals surface area contributed by atoms with Crippen molar-refractivity contribution < 1.29 is 28.8 Å². The van der Waals surface area contributed by atoms with Crippen LogP contribution in [0.2, 0.25) is 0 Å². The highest BCUT2D eigenvalue weighted by molar-refractivity contribution is 7.95. The van der Waals surface area contributed by atoms with E-state index in [9.17, 15) is 16.8 Å². The molecule has 0 unspecified atom stereocenters. The van der Waals surface area contributed by atoms with Crippen molar-refractivity contribution in [3.63, 3.8) is 0 Å². The van der Waals surface area contributed by atoms with E-state index in [0.29, 0.717) is 10.8 Å². The number of rotatable bonds is 0. The lowest BCUT2D eigenvalue weighted by Gasteiger charge is -2.06. The standard InChI is InChI=1S/C10H6O7S2/c11-18(12)15-9-6-5-7-3-1-2-4-8(7)10(9)16-19(13,14)17-18/h1-6H. The van der Waals surface area contributed by atoms with Crippen LogP contribution in [-0.4, -0.2) is 16.8 Å². The van der Waals surface area contributed by atoms with Gasteiger partial charge >= 0.3 is 20.8 Å². The maximum absolute atomic E-state index is 11.4. The third kappa shape index (κ3) is 2.23. The topological polar surface area (TPSA) is 96.0 Å². The molecular formula is C10H6O7S2. The molecule has 7 nitrogen and oxygen atoms in total. The first-order chi connectivity index (χ1) is 8.86. The molecule has 100 valence electrons. The molecule has 1 heterocycles. The molecule has 0 atom stereocenters. The Morgan fingerprint density at radius 2 is 1.47 bits per heavy atom. The van der Waals surface area contributed by atoms with E-state index in [1.807, 2.05) is 0 Å². The molecule has 0 bridgehead atoms. The van der Waals surface area contributed by atoms with Gasteiger partial charge in [-0.25, -0.2) is 0 Å². The smallest absolute Gasteiger partial charge is 0.357 e. The molecule has 0 aromatic heterocycles. The lowest BCUT2D eigenvalue weighted by atomic mass is 10.1. The van der Waals surface area contributed by atoms with Gasteiger partial charge in [-0.3, -0.25) is 0 Å². The van der Waals surface area contributed by atoms with Crippen LogP contribution in [-0.2, 0) is 24.4 Å². The van der Waals surface area contributed by atoms with Gasteiger partial charge in [0.1, 0.15) is 0 Å². The van der Waals surface area contributed by atoms with E-state index >= 15 is 0 Å². The first kappa shape index (κ1) is 12.2. The first-order valence-electron chi connectivity index (χ1n) is 4.98. The van der Waals surface area contributed by atoms with Crippen molar-refractivity contribution in [2.45, 2.75) is 0 Å². The molecule has 0 radical (unpaired) electrons. The minimum atomic E-state index is -4.74. The number of hydrogen-bond donors (Lipinski definition) is 0. The molecule has 0 saturated carbocycles. The lowest BCUT2D eigenvalue weighted by molar-refractivity contribution is 0.373. The molecule has 3 rings (SSSR count). The third-order valence-electron chi connectivity index (χ3n) is 2.39. The van der Waals surface area contributed by atoms with Gasteiger partial charge in [0.25, 0.3) is 0 Å². The molecule has 19 heavy (non-hydrogen) atoms. The quantitative estimate of drug-likeness (QED) is 0.719. The first-order valence-corrected chi connectivity index (χ1v) is 7.65. The maximum Gasteiger partial charge on any atom is 0.466 e. The van der Waals surface area contributed by atoms with Crippen LogP contribution in [0.1, 0.15) is 0 Å². The molecule has 0 amide bonds. The van der Waals surface area contributed by atoms with Gasteiger partial charge in [0, 0.05) is 5.39 Å². The van der Waals surface area contributed by atoms with E-state index in [1.165, 1.54) is 6.07 Å². The Bertz CT molecular complexity index is 868. The van der Waals surface area contributed by atoms with Crippen LogP contribution in [0.5, 0.6) is 11.5 Å². The van der Waals surface area contributed by atoms with Crippen molar-refractivity contribution in [2.75, 3.05) is 0 Å². The average Bonchev–Trinajstić information content (AvgIpc) is 2.39. The Labute approximate surface area is 109 Å². The minimum absolute atomic E-state index is 0.223. The molecule has 1 aliphatic rings. The zero-order valence-electron chi connectivity index (χ0n) is 9.14. The van der Waals surface area contributed by atoms with E-state index in [-0.39, 0.29) is 11.5 Å². The Balaban J connectivity index is 2.37. The van der Waals surface area contributed by atoms with E-state index in [1.54, 1.807) is 30.3 Å². The van der Waals surface area contributed by atoms with Gasteiger partial charge in [-0.15, -0.1) is 0 Å². The Morgan fingerprint density at radius 3 is 2.26 bits per heavy atom. The summed E-state index contributed by atoms with van der Waals surface area (Å²) in [5, 5.41) is 1.06. The summed E-state index contributed by atoms with van der Waals surface area (Å²) in [6.07, 6.45) is 0. The van der Waals surface area contributed by atoms with Crippen LogP contribution in [0.15, 0.2) is 36.4 Å². The lowest BCUT2D eigenvalue weighted by Crippen LogP contribution is -2.18. The summed E-state index contributed by atoms with van der Waals surface area (Å²) in [6.45, 7) is 0. The molecule has 0 aliphatic carbocycles. The molecule has 2 aromatic carbocycles. The maximum atomic E-state index is 11.4. The monoisotopic (exact) mass is 302 g/mol. The second-order valence-corrected chi connectivity index (χ2v) is 6.18. The van der Waals surface area contributed by atoms with E-state index in [0.717, 1.165) is 0 Å². The van der Waals surface area contributed by atoms with Gasteiger partial charge in [-0.1, -0.05) is 34.0 Å². The predicted molar refractivity (Wildman–Crippen MR) is 64.1 cm³/mol. The fourth-order valence-electron chi connectivity index (χ4n) is 1.72. The second-order valence-electron chi connectivity index (χ2n) is 3.67. The molecule has 1 aliphatic heterocycles. The molecule has 0 fully saturated rings. The summed E-state index contributed by atoms with van der Waals surface area (Å²) < 4.78 is 58.3. The Kier molecular flexibility index (Phi) is 2.46. The molecule has 2 aromatic rings. The summed E-state index contributed by atoms with van der Waals surface area (Å²) >= 11 is 0. The van der Waals surface area contributed by atoms with Crippen molar-refractivity contribution in [1.29, 1.82) is 0 Å². The van der Waals surface area contributed by atoms with Gasteiger partial charge in [-0.2, -0.15) is 16.8 Å². The normalized spacial score (nSPS) is 19.8. The van der Waals surface area contributed by atoms with Gasteiger partial charge in [-0.05, 0) is 11.5 Å². The van der Waals surface area contributed by atoms with Crippen molar-refractivity contribution in [3.8, 4) is 11.5 Å². The van der Waals surface area contributed by atoms with E-state index < -0.39 is 20.8 Å². The van der Waals surface area contributed by atoms with Crippen LogP contribution in [0, 0.1) is 0 Å². The molecular weight excluding hydrogens is 296 g/mol. The van der Waals surface area contributed by atoms with E-state index in [4.69, 9.17) is 0 Å². The summed E-state index contributed by atoms with van der Waals surface area (Å²) in [5.74, 6) is -0.473. The number of hydrogen-bond acceptors (Lipinski definition) is 7. The minimum Gasteiger partial charge on any atom is -0.357 e. The van der Waals surface area contributed by atoms with Crippen molar-refractivity contribution >= 4 is 31.6 Å².